The van der Waals surface area contributed by atoms with Crippen molar-refractivity contribution in [2.45, 2.75) is 130 Å². The molecule has 3 aliphatic heterocycles. The standard InChI is InChI=1S/C25H27FN4O3S.C23H23F2N5O2S.C23H25FN6O3S/c1-24(14-34(31,32)25(2,17-5-6-17)23(27)30-24)19-11-15(4-7-20(19)26)10-16-8-9-28-21-12-18(33-3)13-29-22(16)21;1-22(12-33(31,32)23(2,14-3-4-14)21(26)30-22)17-9-16(28-11-18(17)25)7-13-5-6-27-19-8-15(24)10-29-20(13)19;1-22(12-34(31,32)23(2,14-4-5-14)21(25)30-22)16-9-15(27-10-17(16)24)8-13-6-7-26-20-19(13)28-11-18(29-20)33-3/h4,7-9,11-13,17H,5-6,10,14H2,1-3H3,(H2,27,30);5-6,8-11,14H,3-4,7,12H2,1-2H3,(H2,26,30);6-7,9-11,14H,4-5,8,12H2,1-3H3,(H2,25,30)/t24-,25-;2*22-,23-/m000/s1. The molecule has 15 rings (SSSR count). The van der Waals surface area contributed by atoms with E-state index in [-0.39, 0.29) is 75.6 Å². The van der Waals surface area contributed by atoms with Crippen LogP contribution >= 0.6 is 0 Å². The van der Waals surface area contributed by atoms with Crippen molar-refractivity contribution in [3.05, 3.63) is 184 Å². The molecular weight excluding hydrogens is 1360 g/mol. The van der Waals surface area contributed by atoms with E-state index in [2.05, 4.69) is 59.8 Å². The van der Waals surface area contributed by atoms with Gasteiger partial charge in [-0.05, 0) is 163 Å². The molecule has 0 spiro atoms. The van der Waals surface area contributed by atoms with E-state index in [1.807, 2.05) is 12.1 Å². The van der Waals surface area contributed by atoms with Gasteiger partial charge in [-0.25, -0.2) is 52.8 Å². The summed E-state index contributed by atoms with van der Waals surface area (Å²) in [5.74, 6) is -2.22. The number of fused-ring (bicyclic) bond motifs is 3. The third-order valence-corrected chi connectivity index (χ3v) is 29.3. The van der Waals surface area contributed by atoms with Crippen molar-refractivity contribution >= 4 is 80.2 Å². The van der Waals surface area contributed by atoms with Gasteiger partial charge in [0, 0.05) is 71.6 Å². The molecule has 6 atom stereocenters. The number of hydrogen-bond donors (Lipinski definition) is 3. The lowest BCUT2D eigenvalue weighted by Crippen LogP contribution is -2.58. The second-order valence-corrected chi connectivity index (χ2v) is 35.2. The van der Waals surface area contributed by atoms with Crippen molar-refractivity contribution in [2.24, 2.45) is 49.9 Å². The lowest BCUT2D eigenvalue weighted by molar-refractivity contribution is 0.397. The highest BCUT2D eigenvalue weighted by Gasteiger charge is 2.62. The summed E-state index contributed by atoms with van der Waals surface area (Å²) in [5, 5.41) is 0. The Bertz CT molecular complexity index is 5120. The number of ether oxygens (including phenoxy) is 2. The molecule has 3 fully saturated rings. The van der Waals surface area contributed by atoms with Gasteiger partial charge in [-0.3, -0.25) is 44.9 Å². The van der Waals surface area contributed by atoms with E-state index in [0.29, 0.717) is 63.6 Å². The van der Waals surface area contributed by atoms with Crippen LogP contribution in [0.3, 0.4) is 0 Å². The fourth-order valence-corrected chi connectivity index (χ4v) is 21.5. The molecule has 23 nitrogen and oxygen atoms in total. The van der Waals surface area contributed by atoms with Crippen LogP contribution < -0.4 is 26.7 Å². The summed E-state index contributed by atoms with van der Waals surface area (Å²) in [5.41, 5.74) is 22.8. The number of benzene rings is 1. The zero-order chi connectivity index (χ0) is 72.2. The van der Waals surface area contributed by atoms with Crippen LogP contribution in [0.15, 0.2) is 125 Å². The SMILES string of the molecule is COc1cnc2c(Cc3cc([C@]4(C)CS(=O)(=O)[C@@](C)(C5CC5)C(N)=N4)c(F)cn3)ccnc2n1.COc1cnc2c(Cc3ccc(F)c([C@]4(C)CS(=O)(=O)[C@@](C)(C5CC5)C(N)=N4)c3)ccnc2c1.C[C@@]1(c2cc(Cc3ccnc4cc(F)cnc34)ncc2F)CS(=O)(=O)[C@@](C)(C2CC2)C(N)=N1. The molecular formula is C71H75F4N15O8S3. The Morgan fingerprint density at radius 1 is 0.446 bits per heavy atom. The number of nitrogens with zero attached hydrogens (tertiary/aromatic N) is 12. The molecule has 0 radical (unpaired) electrons. The van der Waals surface area contributed by atoms with Gasteiger partial charge in [-0.2, -0.15) is 4.98 Å². The first-order chi connectivity index (χ1) is 47.7. The van der Waals surface area contributed by atoms with Gasteiger partial charge in [0.05, 0.1) is 84.5 Å². The molecule has 3 saturated carbocycles. The molecule has 6 N–H and O–H groups in total. The lowest BCUT2D eigenvalue weighted by atomic mass is 9.90. The number of halogens is 4. The average molecular weight is 1440 g/mol. The van der Waals surface area contributed by atoms with Gasteiger partial charge >= 0.3 is 0 Å². The number of nitrogens with two attached hydrogens (primary N) is 3. The van der Waals surface area contributed by atoms with Gasteiger partial charge in [0.25, 0.3) is 0 Å². The van der Waals surface area contributed by atoms with Crippen LogP contribution in [-0.4, -0.2) is 133 Å². The molecule has 6 aliphatic rings. The highest BCUT2D eigenvalue weighted by Crippen LogP contribution is 2.52. The predicted octanol–water partition coefficient (Wildman–Crippen LogP) is 8.93. The highest BCUT2D eigenvalue weighted by atomic mass is 32.2. The minimum absolute atomic E-state index is 0.0203. The van der Waals surface area contributed by atoms with Crippen LogP contribution in [0, 0.1) is 41.0 Å². The minimum atomic E-state index is -3.68. The van der Waals surface area contributed by atoms with Crippen molar-refractivity contribution in [1.29, 1.82) is 0 Å². The molecule has 528 valence electrons. The zero-order valence-corrected chi connectivity index (χ0v) is 59.2. The van der Waals surface area contributed by atoms with E-state index < -0.39 is 83.6 Å². The average Bonchev–Trinajstić information content (AvgIpc) is 1.71. The summed E-state index contributed by atoms with van der Waals surface area (Å²) in [4.78, 5) is 52.2. The molecule has 9 aromatic rings. The zero-order valence-electron chi connectivity index (χ0n) is 56.7. The van der Waals surface area contributed by atoms with Gasteiger partial charge in [-0.1, -0.05) is 12.1 Å². The van der Waals surface area contributed by atoms with Crippen LogP contribution in [0.5, 0.6) is 11.6 Å². The Morgan fingerprint density at radius 2 is 0.861 bits per heavy atom. The van der Waals surface area contributed by atoms with E-state index in [9.17, 15) is 34.0 Å². The molecule has 0 amide bonds. The molecule has 3 aliphatic carbocycles. The molecule has 0 bridgehead atoms. The Morgan fingerprint density at radius 3 is 1.31 bits per heavy atom. The summed E-state index contributed by atoms with van der Waals surface area (Å²) < 4.78 is 145. The second-order valence-electron chi connectivity index (χ2n) is 28.1. The largest absolute Gasteiger partial charge is 0.495 e. The van der Waals surface area contributed by atoms with Crippen LogP contribution in [0.1, 0.15) is 130 Å². The van der Waals surface area contributed by atoms with Crippen molar-refractivity contribution in [1.82, 2.24) is 44.9 Å². The first kappa shape index (κ1) is 70.2. The molecule has 0 saturated heterocycles. The van der Waals surface area contributed by atoms with E-state index >= 15 is 8.78 Å². The van der Waals surface area contributed by atoms with E-state index in [0.717, 1.165) is 84.9 Å². The molecule has 0 unspecified atom stereocenters. The van der Waals surface area contributed by atoms with Crippen molar-refractivity contribution < 1.29 is 52.3 Å². The van der Waals surface area contributed by atoms with Crippen molar-refractivity contribution in [3.63, 3.8) is 0 Å². The summed E-state index contributed by atoms with van der Waals surface area (Å²) in [6.07, 6.45) is 17.1. The van der Waals surface area contributed by atoms with Gasteiger partial charge < -0.3 is 26.7 Å². The third-order valence-electron chi connectivity index (χ3n) is 21.0. The Balaban J connectivity index is 0.000000135. The monoisotopic (exact) mass is 1440 g/mol. The van der Waals surface area contributed by atoms with E-state index in [1.54, 1.807) is 104 Å². The minimum Gasteiger partial charge on any atom is -0.495 e. The van der Waals surface area contributed by atoms with Crippen LogP contribution in [-0.2, 0) is 65.4 Å². The first-order valence-corrected chi connectivity index (χ1v) is 37.8. The highest BCUT2D eigenvalue weighted by molar-refractivity contribution is 7.94. The summed E-state index contributed by atoms with van der Waals surface area (Å²) in [6.45, 7) is 9.74. The molecule has 8 aromatic heterocycles. The van der Waals surface area contributed by atoms with E-state index in [4.69, 9.17) is 26.7 Å². The lowest BCUT2D eigenvalue weighted by Gasteiger charge is -2.40. The molecule has 11 heterocycles. The molecule has 30 heteroatoms. The van der Waals surface area contributed by atoms with Crippen molar-refractivity contribution in [3.8, 4) is 11.6 Å². The number of rotatable bonds is 14. The predicted molar refractivity (Wildman–Crippen MR) is 374 cm³/mol. The number of pyridine rings is 7. The third kappa shape index (κ3) is 12.6. The number of hydrogen-bond acceptors (Lipinski definition) is 23. The summed E-state index contributed by atoms with van der Waals surface area (Å²) in [6, 6.07) is 16.3. The Labute approximate surface area is 581 Å². The number of sulfone groups is 3. The summed E-state index contributed by atoms with van der Waals surface area (Å²) >= 11 is 0. The number of amidine groups is 3. The topological polar surface area (TPSA) is 352 Å². The number of aliphatic imine (C=N–C) groups is 3. The maximum atomic E-state index is 15.1. The number of aromatic nitrogens is 9. The van der Waals surface area contributed by atoms with Gasteiger partial charge in [0.15, 0.2) is 35.2 Å². The maximum absolute atomic E-state index is 15.1. The maximum Gasteiger partial charge on any atom is 0.234 e. The van der Waals surface area contributed by atoms with Crippen LogP contribution in [0.2, 0.25) is 0 Å². The van der Waals surface area contributed by atoms with Crippen molar-refractivity contribution in [2.75, 3.05) is 31.5 Å². The van der Waals surface area contributed by atoms with E-state index in [1.165, 1.54) is 31.5 Å². The Hall–Kier alpha value is -9.29. The number of methoxy groups -OCH3 is 2. The fraction of sp³-hybridized carbons (Fsp3) is 0.408. The summed E-state index contributed by atoms with van der Waals surface area (Å²) in [7, 11) is -7.93. The van der Waals surface area contributed by atoms with Gasteiger partial charge in [0.1, 0.15) is 82.9 Å². The molecule has 101 heavy (non-hydrogen) atoms. The van der Waals surface area contributed by atoms with Gasteiger partial charge in [0.2, 0.25) is 5.88 Å². The van der Waals surface area contributed by atoms with Gasteiger partial charge in [-0.15, -0.1) is 0 Å². The quantitative estimate of drug-likeness (QED) is 0.0855. The van der Waals surface area contributed by atoms with Crippen LogP contribution in [0.4, 0.5) is 17.6 Å². The van der Waals surface area contributed by atoms with Crippen LogP contribution in [0.25, 0.3) is 33.2 Å². The Kier molecular flexibility index (Phi) is 17.6. The second kappa shape index (κ2) is 25.3. The normalized spacial score (nSPS) is 26.5. The first-order valence-electron chi connectivity index (χ1n) is 32.8. The molecule has 1 aromatic carbocycles. The fourth-order valence-electron chi connectivity index (χ4n) is 14.4. The smallest absolute Gasteiger partial charge is 0.234 e.